The fourth-order valence-corrected chi connectivity index (χ4v) is 3.71. The number of anilines is 1. The third-order valence-electron chi connectivity index (χ3n) is 3.10. The molecule has 6 nitrogen and oxygen atoms in total. The lowest BCUT2D eigenvalue weighted by Crippen LogP contribution is -2.29. The maximum atomic E-state index is 11.8. The van der Waals surface area contributed by atoms with Gasteiger partial charge in [0.25, 0.3) is 0 Å². The van der Waals surface area contributed by atoms with E-state index in [0.717, 1.165) is 14.5 Å². The Kier molecular flexibility index (Phi) is 3.51. The van der Waals surface area contributed by atoms with E-state index in [1.807, 2.05) is 12.1 Å². The number of carbonyl (C=O) groups is 1. The average molecular weight is 402 g/mol. The van der Waals surface area contributed by atoms with Crippen LogP contribution < -0.4 is 10.1 Å². The lowest BCUT2D eigenvalue weighted by atomic mass is 10.0. The van der Waals surface area contributed by atoms with Crippen LogP contribution in [0.25, 0.3) is 0 Å². The van der Waals surface area contributed by atoms with Crippen LogP contribution in [0.4, 0.5) is 5.95 Å². The molecule has 0 bridgehead atoms. The molecule has 2 aromatic rings. The summed E-state index contributed by atoms with van der Waals surface area (Å²) >= 11 is 6.93. The van der Waals surface area contributed by atoms with Crippen LogP contribution >= 0.6 is 31.9 Å². The maximum absolute atomic E-state index is 11.8. The standard InChI is InChI=1S/C12H10Br2N4O2/c1-20-11-7(2-6(13)3-8(11)14)9-4-10(19)17-12-15-5-16-18(9)12/h2-3,5,9H,4H2,1H3,(H,15,16,17,19)/t9-/m1/s1. The van der Waals surface area contributed by atoms with Crippen LogP contribution in [0.15, 0.2) is 27.4 Å². The molecular formula is C12H10Br2N4O2. The Labute approximate surface area is 131 Å². The van der Waals surface area contributed by atoms with Crippen molar-refractivity contribution in [1.82, 2.24) is 14.8 Å². The first kappa shape index (κ1) is 13.6. The number of hydrogen-bond donors (Lipinski definition) is 1. The Morgan fingerprint density at radius 1 is 1.45 bits per heavy atom. The molecule has 1 aliphatic rings. The second kappa shape index (κ2) is 5.17. The van der Waals surface area contributed by atoms with Gasteiger partial charge in [0.05, 0.1) is 24.0 Å². The van der Waals surface area contributed by atoms with Crippen molar-refractivity contribution in [3.8, 4) is 5.75 Å². The number of benzene rings is 1. The Morgan fingerprint density at radius 2 is 2.25 bits per heavy atom. The number of aromatic nitrogens is 3. The number of nitrogens with one attached hydrogen (secondary N) is 1. The fourth-order valence-electron chi connectivity index (χ4n) is 2.29. The van der Waals surface area contributed by atoms with Crippen molar-refractivity contribution in [2.75, 3.05) is 12.4 Å². The predicted molar refractivity (Wildman–Crippen MR) is 79.8 cm³/mol. The predicted octanol–water partition coefficient (Wildman–Crippen LogP) is 2.74. The number of hydrogen-bond acceptors (Lipinski definition) is 4. The highest BCUT2D eigenvalue weighted by atomic mass is 79.9. The van der Waals surface area contributed by atoms with Crippen molar-refractivity contribution in [3.05, 3.63) is 33.0 Å². The number of ether oxygens (including phenoxy) is 1. The third kappa shape index (κ3) is 2.22. The molecule has 1 aliphatic heterocycles. The monoisotopic (exact) mass is 400 g/mol. The lowest BCUT2D eigenvalue weighted by Gasteiger charge is -2.25. The minimum Gasteiger partial charge on any atom is -0.495 e. The van der Waals surface area contributed by atoms with Crippen molar-refractivity contribution < 1.29 is 9.53 Å². The Morgan fingerprint density at radius 3 is 3.00 bits per heavy atom. The minimum absolute atomic E-state index is 0.0892. The van der Waals surface area contributed by atoms with Crippen molar-refractivity contribution >= 4 is 43.7 Å². The van der Waals surface area contributed by atoms with E-state index >= 15 is 0 Å². The molecule has 0 fully saturated rings. The summed E-state index contributed by atoms with van der Waals surface area (Å²) in [5.74, 6) is 1.05. The van der Waals surface area contributed by atoms with Gasteiger partial charge < -0.3 is 4.74 Å². The summed E-state index contributed by atoms with van der Waals surface area (Å²) in [4.78, 5) is 15.9. The Balaban J connectivity index is 2.17. The number of carbonyl (C=O) groups excluding carboxylic acids is 1. The van der Waals surface area contributed by atoms with Gasteiger partial charge in [0.15, 0.2) is 0 Å². The van der Waals surface area contributed by atoms with Crippen molar-refractivity contribution in [2.45, 2.75) is 12.5 Å². The highest BCUT2D eigenvalue weighted by molar-refractivity contribution is 9.11. The topological polar surface area (TPSA) is 69.0 Å². The van der Waals surface area contributed by atoms with Gasteiger partial charge >= 0.3 is 0 Å². The summed E-state index contributed by atoms with van der Waals surface area (Å²) in [5, 5.41) is 6.88. The van der Waals surface area contributed by atoms with Gasteiger partial charge in [-0.05, 0) is 28.1 Å². The van der Waals surface area contributed by atoms with E-state index < -0.39 is 0 Å². The SMILES string of the molecule is COc1c(Br)cc(Br)cc1[C@H]1CC(=O)Nc2ncnn21. The molecule has 1 atom stereocenters. The maximum Gasteiger partial charge on any atom is 0.229 e. The van der Waals surface area contributed by atoms with Gasteiger partial charge in [-0.3, -0.25) is 10.1 Å². The molecule has 1 aromatic heterocycles. The van der Waals surface area contributed by atoms with Crippen LogP contribution in [0.1, 0.15) is 18.0 Å². The molecule has 20 heavy (non-hydrogen) atoms. The van der Waals surface area contributed by atoms with E-state index in [0.29, 0.717) is 11.7 Å². The normalized spacial score (nSPS) is 17.6. The van der Waals surface area contributed by atoms with Gasteiger partial charge in [-0.1, -0.05) is 15.9 Å². The first-order chi connectivity index (χ1) is 9.60. The van der Waals surface area contributed by atoms with Gasteiger partial charge in [-0.25, -0.2) is 4.68 Å². The van der Waals surface area contributed by atoms with Crippen molar-refractivity contribution in [2.24, 2.45) is 0 Å². The molecule has 104 valence electrons. The van der Waals surface area contributed by atoms with Gasteiger partial charge in [0.1, 0.15) is 12.1 Å². The Hall–Kier alpha value is -1.41. The quantitative estimate of drug-likeness (QED) is 0.839. The molecule has 0 unspecified atom stereocenters. The van der Waals surface area contributed by atoms with E-state index in [1.165, 1.54) is 6.33 Å². The molecule has 0 saturated carbocycles. The zero-order chi connectivity index (χ0) is 14.3. The molecule has 1 N–H and O–H groups in total. The molecule has 0 saturated heterocycles. The second-order valence-electron chi connectivity index (χ2n) is 4.31. The smallest absolute Gasteiger partial charge is 0.229 e. The zero-order valence-electron chi connectivity index (χ0n) is 10.4. The minimum atomic E-state index is -0.245. The summed E-state index contributed by atoms with van der Waals surface area (Å²) in [7, 11) is 1.60. The van der Waals surface area contributed by atoms with E-state index in [2.05, 4.69) is 47.3 Å². The van der Waals surface area contributed by atoms with Gasteiger partial charge in [-0.15, -0.1) is 0 Å². The molecule has 0 radical (unpaired) electrons. The van der Waals surface area contributed by atoms with Crippen molar-refractivity contribution in [1.29, 1.82) is 0 Å². The molecule has 1 aromatic carbocycles. The third-order valence-corrected chi connectivity index (χ3v) is 4.15. The number of rotatable bonds is 2. The first-order valence-corrected chi connectivity index (χ1v) is 7.41. The molecule has 0 aliphatic carbocycles. The van der Waals surface area contributed by atoms with Crippen molar-refractivity contribution in [3.63, 3.8) is 0 Å². The molecule has 3 rings (SSSR count). The van der Waals surface area contributed by atoms with Gasteiger partial charge in [-0.2, -0.15) is 10.1 Å². The number of fused-ring (bicyclic) bond motifs is 1. The summed E-state index contributed by atoms with van der Waals surface area (Å²) in [6.07, 6.45) is 1.71. The highest BCUT2D eigenvalue weighted by Crippen LogP contribution is 2.40. The molecule has 1 amide bonds. The fraction of sp³-hybridized carbons (Fsp3) is 0.250. The van der Waals surface area contributed by atoms with E-state index in [-0.39, 0.29) is 18.4 Å². The van der Waals surface area contributed by atoms with Crippen LogP contribution in [-0.2, 0) is 4.79 Å². The molecule has 8 heteroatoms. The van der Waals surface area contributed by atoms with E-state index in [4.69, 9.17) is 4.74 Å². The number of halogens is 2. The van der Waals surface area contributed by atoms with Crippen LogP contribution in [-0.4, -0.2) is 27.8 Å². The Bertz CT molecular complexity index is 686. The highest BCUT2D eigenvalue weighted by Gasteiger charge is 2.30. The van der Waals surface area contributed by atoms with E-state index in [1.54, 1.807) is 11.8 Å². The van der Waals surface area contributed by atoms with Gasteiger partial charge in [0, 0.05) is 10.0 Å². The van der Waals surface area contributed by atoms with Gasteiger partial charge in [0.2, 0.25) is 11.9 Å². The van der Waals surface area contributed by atoms with Crippen LogP contribution in [0, 0.1) is 0 Å². The number of amides is 1. The number of nitrogens with zero attached hydrogens (tertiary/aromatic N) is 3. The number of methoxy groups -OCH3 is 1. The summed E-state index contributed by atoms with van der Waals surface area (Å²) in [5.41, 5.74) is 0.871. The van der Waals surface area contributed by atoms with Crippen LogP contribution in [0.3, 0.4) is 0 Å². The molecular weight excluding hydrogens is 392 g/mol. The average Bonchev–Trinajstić information content (AvgIpc) is 2.84. The largest absolute Gasteiger partial charge is 0.495 e. The first-order valence-electron chi connectivity index (χ1n) is 5.82. The summed E-state index contributed by atoms with van der Waals surface area (Å²) in [6, 6.07) is 3.58. The lowest BCUT2D eigenvalue weighted by molar-refractivity contribution is -0.117. The van der Waals surface area contributed by atoms with Crippen LogP contribution in [0.5, 0.6) is 5.75 Å². The molecule has 2 heterocycles. The molecule has 0 spiro atoms. The summed E-state index contributed by atoms with van der Waals surface area (Å²) < 4.78 is 8.86. The summed E-state index contributed by atoms with van der Waals surface area (Å²) in [6.45, 7) is 0. The zero-order valence-corrected chi connectivity index (χ0v) is 13.6. The van der Waals surface area contributed by atoms with Crippen LogP contribution in [0.2, 0.25) is 0 Å². The second-order valence-corrected chi connectivity index (χ2v) is 6.08. The van der Waals surface area contributed by atoms with E-state index in [9.17, 15) is 4.79 Å².